The largest absolute Gasteiger partial charge is 0.460 e. The van der Waals surface area contributed by atoms with E-state index in [1.807, 2.05) is 36.4 Å². The standard InChI is InChI=1S/C34H35BrClN3O7/c1-20-18-37-26(41)14-6-3-9-15-38(25-13-8-7-12-24(25)36)32(43)30-34-17-23(35)29(46-34)27(33(44)45-20)28(34)31(42)39(30)22(19-40)16-21-10-4-2-5-11-21/h2-5,7-13,17,20,22,27-30,40H,6,14-16,18-19H2,1H3,(H,37,41)/b9-3-/t20-,22-,27+,28-,29+,30+,34-/m1/s1. The van der Waals surface area contributed by atoms with E-state index >= 15 is 4.79 Å². The number of anilines is 1. The van der Waals surface area contributed by atoms with Crippen LogP contribution in [0.15, 0.2) is 77.3 Å². The molecule has 0 unspecified atom stereocenters. The predicted molar refractivity (Wildman–Crippen MR) is 174 cm³/mol. The molecule has 6 rings (SSSR count). The highest BCUT2D eigenvalue weighted by atomic mass is 79.9. The number of halogens is 2. The second kappa shape index (κ2) is 13.3. The SMILES string of the molecule is C[C@@H]1CNC(=O)CC/C=C\CN(c2ccccc2Cl)C(=O)[C@@H]2N([C@@H](CO)Cc3ccccc3)C(=O)[C@H]3[C@H](C(=O)O1)[C@H]1O[C@@]23C=C1Br. The van der Waals surface area contributed by atoms with Gasteiger partial charge >= 0.3 is 5.97 Å². The lowest BCUT2D eigenvalue weighted by Gasteiger charge is -2.39. The molecule has 0 radical (unpaired) electrons. The highest BCUT2D eigenvalue weighted by Crippen LogP contribution is 2.59. The first-order valence-electron chi connectivity index (χ1n) is 15.4. The van der Waals surface area contributed by atoms with Crippen molar-refractivity contribution in [2.45, 2.75) is 56.1 Å². The number of likely N-dealkylation sites (tertiary alicyclic amines) is 1. The number of hydrogen-bond donors (Lipinski definition) is 2. The van der Waals surface area contributed by atoms with Gasteiger partial charge in [-0.3, -0.25) is 19.2 Å². The normalized spacial score (nSPS) is 31.3. The first-order chi connectivity index (χ1) is 22.2. The first-order valence-corrected chi connectivity index (χ1v) is 16.5. The summed E-state index contributed by atoms with van der Waals surface area (Å²) < 4.78 is 12.9. The van der Waals surface area contributed by atoms with Crippen LogP contribution in [0.1, 0.15) is 25.3 Å². The lowest BCUT2D eigenvalue weighted by molar-refractivity contribution is -0.159. The van der Waals surface area contributed by atoms with Crippen LogP contribution in [0.3, 0.4) is 0 Å². The van der Waals surface area contributed by atoms with E-state index in [9.17, 15) is 19.5 Å². The number of amides is 3. The third-order valence-corrected chi connectivity index (χ3v) is 10.1. The molecular formula is C34H35BrClN3O7. The molecule has 46 heavy (non-hydrogen) atoms. The molecule has 0 saturated carbocycles. The highest BCUT2D eigenvalue weighted by Gasteiger charge is 2.75. The van der Waals surface area contributed by atoms with E-state index in [0.29, 0.717) is 21.6 Å². The Morgan fingerprint density at radius 2 is 1.80 bits per heavy atom. The molecule has 0 aliphatic carbocycles. The zero-order valence-electron chi connectivity index (χ0n) is 25.2. The van der Waals surface area contributed by atoms with Gasteiger partial charge in [-0.25, -0.2) is 0 Å². The summed E-state index contributed by atoms with van der Waals surface area (Å²) in [7, 11) is 0. The van der Waals surface area contributed by atoms with E-state index in [1.54, 1.807) is 43.3 Å². The summed E-state index contributed by atoms with van der Waals surface area (Å²) in [6.45, 7) is 1.42. The Labute approximate surface area is 280 Å². The number of benzene rings is 2. The van der Waals surface area contributed by atoms with Crippen LogP contribution in [-0.2, 0) is 35.1 Å². The van der Waals surface area contributed by atoms with Gasteiger partial charge in [0.1, 0.15) is 29.8 Å². The van der Waals surface area contributed by atoms with E-state index in [2.05, 4.69) is 21.2 Å². The van der Waals surface area contributed by atoms with Crippen LogP contribution in [-0.4, -0.2) is 83.3 Å². The smallest absolute Gasteiger partial charge is 0.313 e. The third kappa shape index (κ3) is 5.78. The monoisotopic (exact) mass is 711 g/mol. The Kier molecular flexibility index (Phi) is 9.38. The minimum absolute atomic E-state index is 0.0861. The Morgan fingerprint density at radius 1 is 1.07 bits per heavy atom. The molecule has 0 aromatic heterocycles. The number of esters is 1. The molecule has 2 fully saturated rings. The minimum Gasteiger partial charge on any atom is -0.460 e. The number of fused-ring (bicyclic) bond motifs is 2. The van der Waals surface area contributed by atoms with Gasteiger partial charge in [0.25, 0.3) is 5.91 Å². The number of ether oxygens (including phenoxy) is 2. The van der Waals surface area contributed by atoms with Crippen molar-refractivity contribution < 1.29 is 33.8 Å². The summed E-state index contributed by atoms with van der Waals surface area (Å²) in [4.78, 5) is 58.9. The minimum atomic E-state index is -1.53. The van der Waals surface area contributed by atoms with Crippen LogP contribution in [0.2, 0.25) is 5.02 Å². The molecule has 5 bridgehead atoms. The van der Waals surface area contributed by atoms with E-state index < -0.39 is 66.1 Å². The van der Waals surface area contributed by atoms with Crippen LogP contribution in [0.25, 0.3) is 0 Å². The first kappa shape index (κ1) is 32.4. The van der Waals surface area contributed by atoms with Crippen LogP contribution >= 0.6 is 27.5 Å². The van der Waals surface area contributed by atoms with Crippen molar-refractivity contribution in [2.75, 3.05) is 24.6 Å². The number of nitrogens with zero attached hydrogens (tertiary/aromatic N) is 2. The molecule has 10 nitrogen and oxygen atoms in total. The molecule has 7 atom stereocenters. The predicted octanol–water partition coefficient (Wildman–Crippen LogP) is 3.55. The molecule has 2 N–H and O–H groups in total. The van der Waals surface area contributed by atoms with Gasteiger partial charge in [0, 0.05) is 17.4 Å². The third-order valence-electron chi connectivity index (χ3n) is 9.09. The van der Waals surface area contributed by atoms with Gasteiger partial charge in [-0.15, -0.1) is 0 Å². The molecule has 4 heterocycles. The van der Waals surface area contributed by atoms with Crippen LogP contribution < -0.4 is 10.2 Å². The summed E-state index contributed by atoms with van der Waals surface area (Å²) in [6, 6.07) is 14.2. The molecule has 3 amide bonds. The summed E-state index contributed by atoms with van der Waals surface area (Å²) in [5.41, 5.74) is -0.241. The lowest BCUT2D eigenvalue weighted by Crippen LogP contribution is -2.59. The molecular weight excluding hydrogens is 678 g/mol. The van der Waals surface area contributed by atoms with E-state index in [-0.39, 0.29) is 31.8 Å². The number of nitrogens with one attached hydrogen (secondary N) is 1. The van der Waals surface area contributed by atoms with Crippen molar-refractivity contribution in [3.05, 3.63) is 87.9 Å². The summed E-state index contributed by atoms with van der Waals surface area (Å²) in [6.07, 6.45) is 4.68. The fourth-order valence-corrected chi connectivity index (χ4v) is 8.01. The van der Waals surface area contributed by atoms with Crippen molar-refractivity contribution in [3.8, 4) is 0 Å². The number of aliphatic hydroxyl groups excluding tert-OH is 1. The number of para-hydroxylation sites is 1. The summed E-state index contributed by atoms with van der Waals surface area (Å²) >= 11 is 10.2. The Balaban J connectivity index is 1.50. The van der Waals surface area contributed by atoms with Crippen molar-refractivity contribution in [1.82, 2.24) is 10.2 Å². The highest BCUT2D eigenvalue weighted by molar-refractivity contribution is 9.11. The fraction of sp³-hybridized carbons (Fsp3) is 0.412. The van der Waals surface area contributed by atoms with Gasteiger partial charge in [-0.2, -0.15) is 0 Å². The van der Waals surface area contributed by atoms with Crippen molar-refractivity contribution in [2.24, 2.45) is 11.8 Å². The molecule has 2 saturated heterocycles. The molecule has 4 aliphatic heterocycles. The van der Waals surface area contributed by atoms with Crippen LogP contribution in [0, 0.1) is 11.8 Å². The molecule has 4 aliphatic rings. The van der Waals surface area contributed by atoms with Gasteiger partial charge in [-0.1, -0.05) is 82.1 Å². The zero-order chi connectivity index (χ0) is 32.6. The number of hydrogen-bond acceptors (Lipinski definition) is 7. The number of aliphatic hydroxyl groups is 1. The van der Waals surface area contributed by atoms with Gasteiger partial charge in [0.15, 0.2) is 0 Å². The van der Waals surface area contributed by atoms with E-state index in [1.165, 1.54) is 9.80 Å². The number of rotatable bonds is 5. The molecule has 2 aromatic carbocycles. The Bertz CT molecular complexity index is 1590. The van der Waals surface area contributed by atoms with Gasteiger partial charge < -0.3 is 29.7 Å². The van der Waals surface area contributed by atoms with Gasteiger partial charge in [-0.05, 0) is 43.5 Å². The fourth-order valence-electron chi connectivity index (χ4n) is 7.04. The van der Waals surface area contributed by atoms with Gasteiger partial charge in [0.05, 0.1) is 35.8 Å². The van der Waals surface area contributed by atoms with Gasteiger partial charge in [0.2, 0.25) is 11.8 Å². The van der Waals surface area contributed by atoms with Crippen molar-refractivity contribution in [3.63, 3.8) is 0 Å². The zero-order valence-corrected chi connectivity index (χ0v) is 27.5. The second-order valence-corrected chi connectivity index (χ2v) is 13.4. The van der Waals surface area contributed by atoms with Crippen LogP contribution in [0.4, 0.5) is 5.69 Å². The topological polar surface area (TPSA) is 125 Å². The quantitative estimate of drug-likeness (QED) is 0.359. The number of cyclic esters (lactones) is 1. The lowest BCUT2D eigenvalue weighted by atomic mass is 9.74. The molecule has 12 heteroatoms. The summed E-state index contributed by atoms with van der Waals surface area (Å²) in [5.74, 6) is -3.99. The maximum atomic E-state index is 15.0. The van der Waals surface area contributed by atoms with Crippen LogP contribution in [0.5, 0.6) is 0 Å². The molecule has 2 aromatic rings. The maximum absolute atomic E-state index is 15.0. The maximum Gasteiger partial charge on any atom is 0.313 e. The Hall–Kier alpha value is -3.51. The number of allylic oxidation sites excluding steroid dienone is 1. The molecule has 1 spiro atoms. The van der Waals surface area contributed by atoms with E-state index in [4.69, 9.17) is 21.1 Å². The average Bonchev–Trinajstić information content (AvgIpc) is 3.64. The van der Waals surface area contributed by atoms with Crippen molar-refractivity contribution >= 4 is 56.9 Å². The second-order valence-electron chi connectivity index (χ2n) is 12.1. The average molecular weight is 713 g/mol. The number of carbonyl (C=O) groups is 4. The molecule has 242 valence electrons. The Morgan fingerprint density at radius 3 is 2.54 bits per heavy atom. The van der Waals surface area contributed by atoms with Crippen molar-refractivity contribution in [1.29, 1.82) is 0 Å². The number of carbonyl (C=O) groups excluding carboxylic acids is 4. The summed E-state index contributed by atoms with van der Waals surface area (Å²) in [5, 5.41) is 13.9. The van der Waals surface area contributed by atoms with E-state index in [0.717, 1.165) is 5.56 Å².